The van der Waals surface area contributed by atoms with Gasteiger partial charge in [-0.15, -0.1) is 0 Å². The van der Waals surface area contributed by atoms with Crippen LogP contribution in [0.3, 0.4) is 0 Å². The van der Waals surface area contributed by atoms with Gasteiger partial charge in [0.15, 0.2) is 6.10 Å². The van der Waals surface area contributed by atoms with E-state index < -0.39 is 6.10 Å². The summed E-state index contributed by atoms with van der Waals surface area (Å²) in [5, 5.41) is 0. The molecule has 320 valence electrons. The molecular formula is C48H92O6. The van der Waals surface area contributed by atoms with E-state index >= 15 is 0 Å². The Labute approximate surface area is 336 Å². The van der Waals surface area contributed by atoms with Crippen LogP contribution in [0.1, 0.15) is 265 Å². The summed E-state index contributed by atoms with van der Waals surface area (Å²) in [6, 6.07) is 0. The third-order valence-electron chi connectivity index (χ3n) is 11.2. The third-order valence-corrected chi connectivity index (χ3v) is 11.2. The number of rotatable bonds is 43. The second-order valence-corrected chi connectivity index (χ2v) is 16.6. The van der Waals surface area contributed by atoms with Crippen LogP contribution in [0.4, 0.5) is 0 Å². The van der Waals surface area contributed by atoms with Crippen LogP contribution in [0, 0.1) is 5.92 Å². The van der Waals surface area contributed by atoms with Gasteiger partial charge < -0.3 is 14.2 Å². The summed E-state index contributed by atoms with van der Waals surface area (Å²) in [5.74, 6) is 0.0407. The molecular weight excluding hydrogens is 673 g/mol. The Balaban J connectivity index is 4.00. The van der Waals surface area contributed by atoms with Crippen molar-refractivity contribution in [2.75, 3.05) is 13.2 Å². The highest BCUT2D eigenvalue weighted by Crippen LogP contribution is 2.17. The normalized spacial score (nSPS) is 12.4. The van der Waals surface area contributed by atoms with Crippen LogP contribution in [-0.4, -0.2) is 37.2 Å². The number of hydrogen-bond donors (Lipinski definition) is 0. The molecule has 2 atom stereocenters. The quantitative estimate of drug-likeness (QED) is 0.0349. The molecule has 0 N–H and O–H groups in total. The molecule has 6 heteroatoms. The molecule has 1 unspecified atom stereocenters. The summed E-state index contributed by atoms with van der Waals surface area (Å²) >= 11 is 0. The van der Waals surface area contributed by atoms with Gasteiger partial charge in [0, 0.05) is 19.3 Å². The number of unbranched alkanes of at least 4 members (excludes halogenated alkanes) is 29. The first-order valence-corrected chi connectivity index (χ1v) is 23.9. The smallest absolute Gasteiger partial charge is 0.306 e. The summed E-state index contributed by atoms with van der Waals surface area (Å²) in [6.45, 7) is 8.96. The minimum Gasteiger partial charge on any atom is -0.462 e. The average molecular weight is 765 g/mol. The lowest BCUT2D eigenvalue weighted by Crippen LogP contribution is -2.30. The topological polar surface area (TPSA) is 78.9 Å². The van der Waals surface area contributed by atoms with Crippen LogP contribution < -0.4 is 0 Å². The number of carbonyl (C=O) groups is 3. The molecule has 0 aliphatic heterocycles. The zero-order chi connectivity index (χ0) is 39.6. The second-order valence-electron chi connectivity index (χ2n) is 16.6. The fourth-order valence-electron chi connectivity index (χ4n) is 7.12. The van der Waals surface area contributed by atoms with E-state index in [-0.39, 0.29) is 31.1 Å². The average Bonchev–Trinajstić information content (AvgIpc) is 3.17. The molecule has 0 aromatic carbocycles. The van der Waals surface area contributed by atoms with Gasteiger partial charge in [-0.2, -0.15) is 0 Å². The zero-order valence-corrected chi connectivity index (χ0v) is 36.7. The van der Waals surface area contributed by atoms with E-state index in [9.17, 15) is 14.4 Å². The van der Waals surface area contributed by atoms with E-state index in [1.54, 1.807) is 0 Å². The summed E-state index contributed by atoms with van der Waals surface area (Å²) in [5.41, 5.74) is 0. The molecule has 0 bridgehead atoms. The molecule has 0 aromatic heterocycles. The Morgan fingerprint density at radius 2 is 0.648 bits per heavy atom. The van der Waals surface area contributed by atoms with Crippen LogP contribution in [0.5, 0.6) is 0 Å². The van der Waals surface area contributed by atoms with Crippen molar-refractivity contribution in [3.8, 4) is 0 Å². The molecule has 0 aliphatic rings. The molecule has 54 heavy (non-hydrogen) atoms. The molecule has 0 aromatic rings. The minimum absolute atomic E-state index is 0.0646. The van der Waals surface area contributed by atoms with Crippen molar-refractivity contribution in [2.45, 2.75) is 271 Å². The van der Waals surface area contributed by atoms with Gasteiger partial charge in [0.05, 0.1) is 0 Å². The highest BCUT2D eigenvalue weighted by atomic mass is 16.6. The molecule has 0 fully saturated rings. The van der Waals surface area contributed by atoms with E-state index in [1.165, 1.54) is 154 Å². The first-order valence-electron chi connectivity index (χ1n) is 23.9. The lowest BCUT2D eigenvalue weighted by molar-refractivity contribution is -0.167. The predicted octanol–water partition coefficient (Wildman–Crippen LogP) is 15.1. The third kappa shape index (κ3) is 40.1. The van der Waals surface area contributed by atoms with E-state index in [0.29, 0.717) is 19.3 Å². The monoisotopic (exact) mass is 765 g/mol. The first kappa shape index (κ1) is 52.4. The van der Waals surface area contributed by atoms with Gasteiger partial charge >= 0.3 is 17.9 Å². The van der Waals surface area contributed by atoms with E-state index in [2.05, 4.69) is 27.7 Å². The van der Waals surface area contributed by atoms with Crippen molar-refractivity contribution in [3.05, 3.63) is 0 Å². The maximum absolute atomic E-state index is 12.6. The highest BCUT2D eigenvalue weighted by molar-refractivity contribution is 5.71. The molecule has 6 nitrogen and oxygen atoms in total. The van der Waals surface area contributed by atoms with Crippen LogP contribution in [0.2, 0.25) is 0 Å². The standard InChI is InChI=1S/C48H92O6/c1-5-8-10-12-13-24-29-33-37-41-48(51)54-45(42-52-46(49)39-35-30-11-9-6-2)43-53-47(50)40-36-32-28-26-23-21-19-17-15-14-16-18-20-22-25-27-31-34-38-44(4)7-3/h44-45H,5-43H2,1-4H3/t44?,45-/m0/s1. The van der Waals surface area contributed by atoms with Crippen LogP contribution in [-0.2, 0) is 28.6 Å². The first-order chi connectivity index (χ1) is 26.4. The summed E-state index contributed by atoms with van der Waals surface area (Å²) < 4.78 is 16.6. The molecule has 0 heterocycles. The Bertz CT molecular complexity index is 813. The van der Waals surface area contributed by atoms with Crippen molar-refractivity contribution >= 4 is 17.9 Å². The minimum atomic E-state index is -0.756. The van der Waals surface area contributed by atoms with Crippen LogP contribution in [0.15, 0.2) is 0 Å². The van der Waals surface area contributed by atoms with Crippen LogP contribution >= 0.6 is 0 Å². The van der Waals surface area contributed by atoms with Gasteiger partial charge in [0.25, 0.3) is 0 Å². The molecule has 0 radical (unpaired) electrons. The molecule has 0 spiro atoms. The molecule has 0 saturated carbocycles. The van der Waals surface area contributed by atoms with E-state index in [0.717, 1.165) is 70.1 Å². The Kier molecular flexibility index (Phi) is 41.3. The number of esters is 3. The van der Waals surface area contributed by atoms with E-state index in [4.69, 9.17) is 14.2 Å². The number of carbonyl (C=O) groups excluding carboxylic acids is 3. The van der Waals surface area contributed by atoms with Crippen molar-refractivity contribution in [3.63, 3.8) is 0 Å². The van der Waals surface area contributed by atoms with Gasteiger partial charge in [-0.25, -0.2) is 0 Å². The van der Waals surface area contributed by atoms with Crippen molar-refractivity contribution in [1.82, 2.24) is 0 Å². The Morgan fingerprint density at radius 3 is 0.963 bits per heavy atom. The SMILES string of the molecule is CCCCCCCCCCCC(=O)O[C@@H](COC(=O)CCCCCCC)COC(=O)CCCCCCCCCCCCCCCCCCCCC(C)CC. The number of ether oxygens (including phenoxy) is 3. The fraction of sp³-hybridized carbons (Fsp3) is 0.938. The van der Waals surface area contributed by atoms with Crippen molar-refractivity contribution < 1.29 is 28.6 Å². The molecule has 0 amide bonds. The van der Waals surface area contributed by atoms with Gasteiger partial charge in [-0.1, -0.05) is 227 Å². The zero-order valence-electron chi connectivity index (χ0n) is 36.7. The molecule has 0 rings (SSSR count). The maximum atomic E-state index is 12.6. The Morgan fingerprint density at radius 1 is 0.370 bits per heavy atom. The molecule has 0 aliphatic carbocycles. The van der Waals surface area contributed by atoms with Gasteiger partial charge in [0.2, 0.25) is 0 Å². The van der Waals surface area contributed by atoms with Crippen molar-refractivity contribution in [1.29, 1.82) is 0 Å². The van der Waals surface area contributed by atoms with E-state index in [1.807, 2.05) is 0 Å². The highest BCUT2D eigenvalue weighted by Gasteiger charge is 2.19. The predicted molar refractivity (Wildman–Crippen MR) is 229 cm³/mol. The van der Waals surface area contributed by atoms with Gasteiger partial charge in [0.1, 0.15) is 13.2 Å². The maximum Gasteiger partial charge on any atom is 0.306 e. The van der Waals surface area contributed by atoms with Gasteiger partial charge in [-0.3, -0.25) is 14.4 Å². The fourth-order valence-corrected chi connectivity index (χ4v) is 7.12. The lowest BCUT2D eigenvalue weighted by atomic mass is 9.99. The second kappa shape index (κ2) is 42.6. The van der Waals surface area contributed by atoms with Gasteiger partial charge in [-0.05, 0) is 25.2 Å². The Hall–Kier alpha value is -1.59. The summed E-state index contributed by atoms with van der Waals surface area (Å²) in [4.78, 5) is 37.4. The summed E-state index contributed by atoms with van der Waals surface area (Å²) in [7, 11) is 0. The van der Waals surface area contributed by atoms with Crippen LogP contribution in [0.25, 0.3) is 0 Å². The largest absolute Gasteiger partial charge is 0.462 e. The summed E-state index contributed by atoms with van der Waals surface area (Å²) in [6.07, 6.45) is 42.7. The van der Waals surface area contributed by atoms with Crippen molar-refractivity contribution in [2.24, 2.45) is 5.92 Å². The lowest BCUT2D eigenvalue weighted by Gasteiger charge is -2.18. The molecule has 0 saturated heterocycles. The number of hydrogen-bond acceptors (Lipinski definition) is 6.